The lowest BCUT2D eigenvalue weighted by Crippen LogP contribution is -2.07. The van der Waals surface area contributed by atoms with Gasteiger partial charge in [0, 0.05) is 6.61 Å². The van der Waals surface area contributed by atoms with Crippen molar-refractivity contribution in [2.45, 2.75) is 6.42 Å². The van der Waals surface area contributed by atoms with Crippen LogP contribution in [0.25, 0.3) is 0 Å². The Labute approximate surface area is 64.0 Å². The van der Waals surface area contributed by atoms with E-state index in [2.05, 4.69) is 19.8 Å². The molecule has 62 valence electrons. The fourth-order valence-corrected chi connectivity index (χ4v) is 0.711. The zero-order chi connectivity index (χ0) is 8.04. The highest BCUT2D eigenvalue weighted by atomic mass is 35.5. The van der Waals surface area contributed by atoms with Crippen LogP contribution in [0.5, 0.6) is 0 Å². The molecule has 0 radical (unpaired) electrons. The van der Waals surface area contributed by atoms with Gasteiger partial charge in [-0.05, 0) is 6.42 Å². The summed E-state index contributed by atoms with van der Waals surface area (Å²) in [5.41, 5.74) is 0. The Kier molecular flexibility index (Phi) is 4.92. The molecule has 0 amide bonds. The first-order chi connectivity index (χ1) is 4.62. The molecule has 0 atom stereocenters. The summed E-state index contributed by atoms with van der Waals surface area (Å²) in [7, 11) is -4.04. The molecule has 0 unspecified atom stereocenters. The van der Waals surface area contributed by atoms with E-state index in [-0.39, 0.29) is 19.6 Å². The number of hydrogen-bond acceptors (Lipinski definition) is 5. The molecule has 10 heavy (non-hydrogen) atoms. The average Bonchev–Trinajstić information content (AvgIpc) is 1.89. The summed E-state index contributed by atoms with van der Waals surface area (Å²) >= 11 is 4.50. The quantitative estimate of drug-likeness (QED) is 0.608. The summed E-state index contributed by atoms with van der Waals surface area (Å²) in [6.45, 7) is -0.274. The molecule has 5 nitrogen and oxygen atoms in total. The summed E-state index contributed by atoms with van der Waals surface area (Å²) in [6, 6.07) is 0. The van der Waals surface area contributed by atoms with Crippen molar-refractivity contribution in [2.75, 3.05) is 13.2 Å². The van der Waals surface area contributed by atoms with E-state index in [1.165, 1.54) is 0 Å². The fraction of sp³-hybridized carbons (Fsp3) is 1.00. The van der Waals surface area contributed by atoms with Crippen molar-refractivity contribution in [2.24, 2.45) is 0 Å². The molecule has 7 heteroatoms. The minimum atomic E-state index is -4.04. The Hall–Kier alpha value is 0.120. The fourth-order valence-electron chi connectivity index (χ4n) is 0.244. The van der Waals surface area contributed by atoms with Gasteiger partial charge < -0.3 is 5.11 Å². The van der Waals surface area contributed by atoms with Crippen LogP contribution in [0.2, 0.25) is 0 Å². The molecule has 0 rings (SSSR count). The van der Waals surface area contributed by atoms with Crippen molar-refractivity contribution in [3.8, 4) is 0 Å². The summed E-state index contributed by atoms with van der Waals surface area (Å²) in [6.07, 6.45) is 0.222. The third kappa shape index (κ3) is 4.95. The van der Waals surface area contributed by atoms with Crippen molar-refractivity contribution in [3.05, 3.63) is 0 Å². The lowest BCUT2D eigenvalue weighted by Gasteiger charge is -1.97. The summed E-state index contributed by atoms with van der Waals surface area (Å²) in [4.78, 5) is 0. The minimum Gasteiger partial charge on any atom is -0.396 e. The predicted octanol–water partition coefficient (Wildman–Crippen LogP) is -0.199. The molecule has 0 saturated heterocycles. The number of aliphatic hydroxyl groups excluding tert-OH is 1. The normalized spacial score (nSPS) is 11.8. The molecule has 0 fully saturated rings. The maximum atomic E-state index is 10.2. The van der Waals surface area contributed by atoms with Gasteiger partial charge in [-0.1, -0.05) is 0 Å². The van der Waals surface area contributed by atoms with Gasteiger partial charge in [0.1, 0.15) is 0 Å². The van der Waals surface area contributed by atoms with E-state index in [0.717, 1.165) is 0 Å². The Bertz CT molecular complexity index is 164. The van der Waals surface area contributed by atoms with Crippen LogP contribution >= 0.6 is 11.9 Å². The van der Waals surface area contributed by atoms with E-state index in [4.69, 9.17) is 5.11 Å². The molecule has 1 N–H and O–H groups in total. The second-order valence-corrected chi connectivity index (χ2v) is 2.93. The lowest BCUT2D eigenvalue weighted by molar-refractivity contribution is 0.223. The zero-order valence-electron chi connectivity index (χ0n) is 4.99. The molecule has 0 aromatic heterocycles. The van der Waals surface area contributed by atoms with Crippen LogP contribution in [0, 0.1) is 0 Å². The zero-order valence-corrected chi connectivity index (χ0v) is 6.56. The molecule has 0 aliphatic rings. The molecular formula is C3H7ClO5S. The monoisotopic (exact) mass is 190 g/mol. The minimum absolute atomic E-state index is 0.133. The van der Waals surface area contributed by atoms with Crippen LogP contribution in [0.15, 0.2) is 0 Å². The van der Waals surface area contributed by atoms with E-state index in [1.807, 2.05) is 0 Å². The third-order valence-corrected chi connectivity index (χ3v) is 1.68. The van der Waals surface area contributed by atoms with Gasteiger partial charge in [-0.2, -0.15) is 8.42 Å². The van der Waals surface area contributed by atoms with E-state index >= 15 is 0 Å². The summed E-state index contributed by atoms with van der Waals surface area (Å²) in [5, 5.41) is 8.19. The maximum Gasteiger partial charge on any atom is 0.416 e. The smallest absolute Gasteiger partial charge is 0.396 e. The highest BCUT2D eigenvalue weighted by Crippen LogP contribution is 1.98. The standard InChI is InChI=1S/C3H7ClO5S/c4-9-10(6,7)8-3-1-2-5/h5H,1-3H2. The first-order valence-corrected chi connectivity index (χ1v) is 4.07. The van der Waals surface area contributed by atoms with Crippen molar-refractivity contribution >= 4 is 22.3 Å². The summed E-state index contributed by atoms with van der Waals surface area (Å²) < 4.78 is 27.9. The average molecular weight is 191 g/mol. The topological polar surface area (TPSA) is 72.8 Å². The van der Waals surface area contributed by atoms with E-state index < -0.39 is 10.4 Å². The Balaban J connectivity index is 3.49. The number of halogens is 1. The van der Waals surface area contributed by atoms with Crippen LogP contribution in [0.3, 0.4) is 0 Å². The van der Waals surface area contributed by atoms with Crippen LogP contribution in [0.4, 0.5) is 0 Å². The van der Waals surface area contributed by atoms with Crippen molar-refractivity contribution in [3.63, 3.8) is 0 Å². The summed E-state index contributed by atoms with van der Waals surface area (Å²) in [5.74, 6) is 0. The predicted molar refractivity (Wildman–Crippen MR) is 33.5 cm³/mol. The largest absolute Gasteiger partial charge is 0.416 e. The molecule has 0 saturated carbocycles. The molecule has 0 bridgehead atoms. The third-order valence-electron chi connectivity index (χ3n) is 0.607. The molecular weight excluding hydrogens is 184 g/mol. The number of hydrogen-bond donors (Lipinski definition) is 1. The molecule has 0 aliphatic carbocycles. The van der Waals surface area contributed by atoms with E-state index in [0.29, 0.717) is 0 Å². The Morgan fingerprint density at radius 1 is 1.50 bits per heavy atom. The van der Waals surface area contributed by atoms with Crippen molar-refractivity contribution in [1.29, 1.82) is 0 Å². The Morgan fingerprint density at radius 2 is 2.10 bits per heavy atom. The SMILES string of the molecule is O=S(=O)(OCl)OCCCO. The van der Waals surface area contributed by atoms with E-state index in [9.17, 15) is 8.42 Å². The lowest BCUT2D eigenvalue weighted by atomic mass is 10.5. The highest BCUT2D eigenvalue weighted by molar-refractivity contribution is 7.82. The highest BCUT2D eigenvalue weighted by Gasteiger charge is 2.08. The van der Waals surface area contributed by atoms with Gasteiger partial charge in [0.05, 0.1) is 18.5 Å². The second-order valence-electron chi connectivity index (χ2n) is 1.37. The van der Waals surface area contributed by atoms with Crippen LogP contribution in [0.1, 0.15) is 6.42 Å². The van der Waals surface area contributed by atoms with Gasteiger partial charge in [-0.15, -0.1) is 3.74 Å². The molecule has 0 aromatic carbocycles. The molecule has 0 heterocycles. The van der Waals surface area contributed by atoms with E-state index in [1.54, 1.807) is 0 Å². The molecule has 0 aromatic rings. The molecule has 0 spiro atoms. The van der Waals surface area contributed by atoms with Crippen LogP contribution in [-0.2, 0) is 18.3 Å². The second kappa shape index (κ2) is 4.86. The maximum absolute atomic E-state index is 10.2. The van der Waals surface area contributed by atoms with Crippen molar-refractivity contribution in [1.82, 2.24) is 0 Å². The van der Waals surface area contributed by atoms with Crippen LogP contribution < -0.4 is 0 Å². The van der Waals surface area contributed by atoms with Gasteiger partial charge in [0.25, 0.3) is 0 Å². The van der Waals surface area contributed by atoms with Gasteiger partial charge in [-0.3, -0.25) is 0 Å². The first kappa shape index (κ1) is 10.1. The Morgan fingerprint density at radius 3 is 2.50 bits per heavy atom. The van der Waals surface area contributed by atoms with Gasteiger partial charge in [0.2, 0.25) is 0 Å². The van der Waals surface area contributed by atoms with Gasteiger partial charge in [-0.25, -0.2) is 4.18 Å². The van der Waals surface area contributed by atoms with Gasteiger partial charge >= 0.3 is 10.4 Å². The molecule has 0 aliphatic heterocycles. The van der Waals surface area contributed by atoms with Gasteiger partial charge in [0.15, 0.2) is 0 Å². The number of aliphatic hydroxyl groups is 1. The number of rotatable bonds is 5. The first-order valence-electron chi connectivity index (χ1n) is 2.43. The van der Waals surface area contributed by atoms with Crippen LogP contribution in [-0.4, -0.2) is 26.7 Å². The van der Waals surface area contributed by atoms with Crippen molar-refractivity contribution < 1.29 is 21.4 Å².